The van der Waals surface area contributed by atoms with Crippen LogP contribution in [0.3, 0.4) is 0 Å². The molecule has 0 heterocycles. The number of anilines is 1. The predicted octanol–water partition coefficient (Wildman–Crippen LogP) is 4.10. The monoisotopic (exact) mass is 407 g/mol. The van der Waals surface area contributed by atoms with Crippen LogP contribution in [0.25, 0.3) is 0 Å². The quantitative estimate of drug-likeness (QED) is 0.443. The number of benzene rings is 2. The first-order valence-corrected chi connectivity index (χ1v) is 8.32. The summed E-state index contributed by atoms with van der Waals surface area (Å²) in [5.41, 5.74) is 5.64. The maximum Gasteiger partial charge on any atom is 0.191 e. The van der Waals surface area contributed by atoms with E-state index in [-0.39, 0.29) is 0 Å². The van der Waals surface area contributed by atoms with Crippen molar-refractivity contribution in [1.82, 2.24) is 5.43 Å². The van der Waals surface area contributed by atoms with Crippen LogP contribution in [0.15, 0.2) is 46.0 Å². The third-order valence-electron chi connectivity index (χ3n) is 3.15. The van der Waals surface area contributed by atoms with E-state index in [1.165, 1.54) is 0 Å². The molecule has 126 valence electrons. The number of nitrogens with one attached hydrogen (secondary N) is 2. The standard InChI is InChI=1S/C17H18BrN3O2S/c1-11-5-4-6-13(7-11)20-17(24)21-19-10-12-8-14(18)16(23-3)9-15(12)22-2/h4-10H,1-3H3,(H2,20,21,24)/b19-10+. The fourth-order valence-corrected chi connectivity index (χ4v) is 2.72. The van der Waals surface area contributed by atoms with Crippen molar-refractivity contribution in [2.24, 2.45) is 5.10 Å². The van der Waals surface area contributed by atoms with Gasteiger partial charge in [-0.25, -0.2) is 0 Å². The second kappa shape index (κ2) is 8.65. The Morgan fingerprint density at radius 3 is 2.58 bits per heavy atom. The molecule has 5 nitrogen and oxygen atoms in total. The van der Waals surface area contributed by atoms with Gasteiger partial charge in [-0.3, -0.25) is 5.43 Å². The average Bonchev–Trinajstić information content (AvgIpc) is 2.55. The highest BCUT2D eigenvalue weighted by Gasteiger charge is 2.08. The number of ether oxygens (including phenoxy) is 2. The SMILES string of the molecule is COc1cc(OC)c(/C=N/NC(=S)Nc2cccc(C)c2)cc1Br. The maximum atomic E-state index is 5.34. The van der Waals surface area contributed by atoms with Crippen molar-refractivity contribution in [3.63, 3.8) is 0 Å². The molecule has 0 saturated heterocycles. The molecule has 0 aliphatic heterocycles. The first-order valence-electron chi connectivity index (χ1n) is 7.11. The Morgan fingerprint density at radius 1 is 1.17 bits per heavy atom. The van der Waals surface area contributed by atoms with Crippen LogP contribution >= 0.6 is 28.1 Å². The van der Waals surface area contributed by atoms with Gasteiger partial charge in [0.15, 0.2) is 5.11 Å². The van der Waals surface area contributed by atoms with Crippen LogP contribution in [-0.4, -0.2) is 25.5 Å². The molecule has 0 aliphatic rings. The highest BCUT2D eigenvalue weighted by atomic mass is 79.9. The third-order valence-corrected chi connectivity index (χ3v) is 3.96. The smallest absolute Gasteiger partial charge is 0.191 e. The predicted molar refractivity (Wildman–Crippen MR) is 105 cm³/mol. The van der Waals surface area contributed by atoms with Crippen molar-refractivity contribution in [3.05, 3.63) is 52.0 Å². The summed E-state index contributed by atoms with van der Waals surface area (Å²) in [6.07, 6.45) is 1.63. The molecule has 0 atom stereocenters. The van der Waals surface area contributed by atoms with E-state index in [9.17, 15) is 0 Å². The lowest BCUT2D eigenvalue weighted by molar-refractivity contribution is 0.392. The lowest BCUT2D eigenvalue weighted by Crippen LogP contribution is -2.23. The van der Waals surface area contributed by atoms with Gasteiger partial charge in [0, 0.05) is 17.3 Å². The van der Waals surface area contributed by atoms with Gasteiger partial charge < -0.3 is 14.8 Å². The number of thiocarbonyl (C=S) groups is 1. The number of rotatable bonds is 5. The second-order valence-electron chi connectivity index (χ2n) is 4.92. The van der Waals surface area contributed by atoms with Gasteiger partial charge in [0.2, 0.25) is 0 Å². The minimum absolute atomic E-state index is 0.406. The third kappa shape index (κ3) is 4.94. The van der Waals surface area contributed by atoms with Crippen LogP contribution in [0, 0.1) is 6.92 Å². The van der Waals surface area contributed by atoms with Crippen molar-refractivity contribution in [3.8, 4) is 11.5 Å². The zero-order valence-corrected chi connectivity index (χ0v) is 16.0. The molecule has 7 heteroatoms. The molecular weight excluding hydrogens is 390 g/mol. The van der Waals surface area contributed by atoms with Gasteiger partial charge in [-0.15, -0.1) is 0 Å². The topological polar surface area (TPSA) is 54.9 Å². The minimum Gasteiger partial charge on any atom is -0.496 e. The van der Waals surface area contributed by atoms with E-state index in [4.69, 9.17) is 21.7 Å². The van der Waals surface area contributed by atoms with Gasteiger partial charge in [0.05, 0.1) is 24.9 Å². The van der Waals surface area contributed by atoms with E-state index in [0.717, 1.165) is 21.3 Å². The van der Waals surface area contributed by atoms with E-state index in [1.54, 1.807) is 26.5 Å². The first kappa shape index (κ1) is 18.2. The molecule has 0 saturated carbocycles. The lowest BCUT2D eigenvalue weighted by atomic mass is 10.2. The van der Waals surface area contributed by atoms with Crippen molar-refractivity contribution >= 4 is 45.2 Å². The Morgan fingerprint density at radius 2 is 1.92 bits per heavy atom. The highest BCUT2D eigenvalue weighted by molar-refractivity contribution is 9.10. The van der Waals surface area contributed by atoms with Crippen LogP contribution in [0.4, 0.5) is 5.69 Å². The van der Waals surface area contributed by atoms with Crippen LogP contribution < -0.4 is 20.2 Å². The van der Waals surface area contributed by atoms with Gasteiger partial charge in [-0.1, -0.05) is 12.1 Å². The molecule has 2 aromatic rings. The Kier molecular flexibility index (Phi) is 6.57. The minimum atomic E-state index is 0.406. The first-order chi connectivity index (χ1) is 11.5. The van der Waals surface area contributed by atoms with Crippen LogP contribution in [0.2, 0.25) is 0 Å². The number of aryl methyl sites for hydroxylation is 1. The van der Waals surface area contributed by atoms with E-state index in [0.29, 0.717) is 16.6 Å². The number of hydrogen-bond donors (Lipinski definition) is 2. The summed E-state index contributed by atoms with van der Waals surface area (Å²) in [6.45, 7) is 2.02. The Labute approximate surface area is 155 Å². The Bertz CT molecular complexity index is 765. The summed E-state index contributed by atoms with van der Waals surface area (Å²) in [5.74, 6) is 1.34. The zero-order chi connectivity index (χ0) is 17.5. The molecule has 0 bridgehead atoms. The molecule has 24 heavy (non-hydrogen) atoms. The van der Waals surface area contributed by atoms with Crippen molar-refractivity contribution in [2.75, 3.05) is 19.5 Å². The molecule has 0 fully saturated rings. The lowest BCUT2D eigenvalue weighted by Gasteiger charge is -2.10. The van der Waals surface area contributed by atoms with Crippen molar-refractivity contribution in [2.45, 2.75) is 6.92 Å². The molecule has 2 aromatic carbocycles. The number of hydrogen-bond acceptors (Lipinski definition) is 4. The van der Waals surface area contributed by atoms with Crippen LogP contribution in [-0.2, 0) is 0 Å². The highest BCUT2D eigenvalue weighted by Crippen LogP contribution is 2.31. The number of methoxy groups -OCH3 is 2. The van der Waals surface area contributed by atoms with Gasteiger partial charge in [0.1, 0.15) is 11.5 Å². The Hall–Kier alpha value is -2.12. The second-order valence-corrected chi connectivity index (χ2v) is 6.18. The Balaban J connectivity index is 2.03. The van der Waals surface area contributed by atoms with Crippen LogP contribution in [0.5, 0.6) is 11.5 Å². The molecular formula is C17H18BrN3O2S. The van der Waals surface area contributed by atoms with E-state index >= 15 is 0 Å². The molecule has 0 radical (unpaired) electrons. The summed E-state index contributed by atoms with van der Waals surface area (Å²) in [6, 6.07) is 11.6. The van der Waals surface area contributed by atoms with Gasteiger partial charge in [-0.05, 0) is 58.8 Å². The summed E-state index contributed by atoms with van der Waals surface area (Å²) in [4.78, 5) is 0. The average molecular weight is 408 g/mol. The molecule has 0 aliphatic carbocycles. The molecule has 2 rings (SSSR count). The summed E-state index contributed by atoms with van der Waals surface area (Å²) >= 11 is 8.67. The molecule has 0 unspecified atom stereocenters. The van der Waals surface area contributed by atoms with Crippen molar-refractivity contribution < 1.29 is 9.47 Å². The number of halogens is 1. The summed E-state index contributed by atoms with van der Waals surface area (Å²) in [7, 11) is 3.20. The van der Waals surface area contributed by atoms with E-state index < -0.39 is 0 Å². The van der Waals surface area contributed by atoms with Gasteiger partial charge >= 0.3 is 0 Å². The van der Waals surface area contributed by atoms with Crippen molar-refractivity contribution in [1.29, 1.82) is 0 Å². The maximum absolute atomic E-state index is 5.34. The molecule has 2 N–H and O–H groups in total. The number of hydrazone groups is 1. The number of nitrogens with zero attached hydrogens (tertiary/aromatic N) is 1. The fraction of sp³-hybridized carbons (Fsp3) is 0.176. The zero-order valence-electron chi connectivity index (χ0n) is 13.6. The molecule has 0 aromatic heterocycles. The van der Waals surface area contributed by atoms with Crippen LogP contribution in [0.1, 0.15) is 11.1 Å². The normalized spacial score (nSPS) is 10.5. The van der Waals surface area contributed by atoms with Gasteiger partial charge in [0.25, 0.3) is 0 Å². The molecule has 0 spiro atoms. The van der Waals surface area contributed by atoms with E-state index in [2.05, 4.69) is 31.8 Å². The van der Waals surface area contributed by atoms with Gasteiger partial charge in [-0.2, -0.15) is 5.10 Å². The largest absolute Gasteiger partial charge is 0.496 e. The summed E-state index contributed by atoms with van der Waals surface area (Å²) in [5, 5.41) is 7.62. The summed E-state index contributed by atoms with van der Waals surface area (Å²) < 4.78 is 11.4. The van der Waals surface area contributed by atoms with E-state index in [1.807, 2.05) is 37.3 Å². The fourth-order valence-electron chi connectivity index (χ4n) is 2.03. The molecule has 0 amide bonds.